The molecule has 43 heavy (non-hydrogen) atoms. The number of benzene rings is 2. The lowest BCUT2D eigenvalue weighted by molar-refractivity contribution is -0.137. The number of nitrogens with one attached hydrogen (secondary N) is 3. The Morgan fingerprint density at radius 2 is 1.65 bits per heavy atom. The summed E-state index contributed by atoms with van der Waals surface area (Å²) in [6.45, 7) is 3.95. The molecule has 2 aromatic rings. The first-order valence-corrected chi connectivity index (χ1v) is 15.3. The van der Waals surface area contributed by atoms with Gasteiger partial charge in [-0.15, -0.1) is 0 Å². The predicted molar refractivity (Wildman–Crippen MR) is 152 cm³/mol. The van der Waals surface area contributed by atoms with Crippen LogP contribution in [0.4, 0.5) is 23.7 Å². The third kappa shape index (κ3) is 9.95. The van der Waals surface area contributed by atoms with Crippen LogP contribution in [0.3, 0.4) is 0 Å². The fraction of sp³-hybridized carbons (Fsp3) is 0.483. The Morgan fingerprint density at radius 3 is 2.26 bits per heavy atom. The Morgan fingerprint density at radius 1 is 1.00 bits per heavy atom. The smallest absolute Gasteiger partial charge is 0.416 e. The van der Waals surface area contributed by atoms with E-state index in [-0.39, 0.29) is 22.9 Å². The molecule has 0 unspecified atom stereocenters. The second kappa shape index (κ2) is 13.8. The van der Waals surface area contributed by atoms with Crippen LogP contribution in [0.15, 0.2) is 47.4 Å². The molecule has 3 amide bonds. The molecular formula is C29H36F3N3O7S. The molecule has 2 atom stereocenters. The van der Waals surface area contributed by atoms with E-state index in [4.69, 9.17) is 4.74 Å². The van der Waals surface area contributed by atoms with E-state index in [1.165, 1.54) is 24.3 Å². The summed E-state index contributed by atoms with van der Waals surface area (Å²) in [6, 6.07) is 7.58. The summed E-state index contributed by atoms with van der Waals surface area (Å²) >= 11 is 0. The lowest BCUT2D eigenvalue weighted by Gasteiger charge is -2.32. The molecule has 2 aromatic carbocycles. The number of amides is 3. The number of halogens is 3. The molecule has 0 aliphatic heterocycles. The van der Waals surface area contributed by atoms with Crippen LogP contribution in [0.1, 0.15) is 67.9 Å². The van der Waals surface area contributed by atoms with Gasteiger partial charge in [0.2, 0.25) is 5.91 Å². The number of ether oxygens (including phenoxy) is 1. The highest BCUT2D eigenvalue weighted by atomic mass is 32.2. The molecule has 0 aromatic heterocycles. The van der Waals surface area contributed by atoms with Gasteiger partial charge in [0, 0.05) is 6.04 Å². The third-order valence-corrected chi connectivity index (χ3v) is 8.65. The molecular weight excluding hydrogens is 591 g/mol. The zero-order valence-corrected chi connectivity index (χ0v) is 24.9. The monoisotopic (exact) mass is 627 g/mol. The van der Waals surface area contributed by atoms with E-state index in [1.807, 2.05) is 0 Å². The minimum absolute atomic E-state index is 0.101. The second-order valence-electron chi connectivity index (χ2n) is 11.4. The van der Waals surface area contributed by atoms with Crippen molar-refractivity contribution in [3.05, 3.63) is 59.2 Å². The van der Waals surface area contributed by atoms with E-state index in [9.17, 15) is 41.1 Å². The first-order valence-electron chi connectivity index (χ1n) is 13.7. The minimum Gasteiger partial charge on any atom is -0.444 e. The molecule has 4 N–H and O–H groups in total. The number of aliphatic hydroxyl groups is 1. The Labute approximate surface area is 248 Å². The van der Waals surface area contributed by atoms with Crippen molar-refractivity contribution in [1.29, 1.82) is 0 Å². The Hall–Kier alpha value is -3.65. The van der Waals surface area contributed by atoms with Gasteiger partial charge in [0.15, 0.2) is 9.84 Å². The van der Waals surface area contributed by atoms with Crippen molar-refractivity contribution in [3.8, 4) is 0 Å². The summed E-state index contributed by atoms with van der Waals surface area (Å²) in [6.07, 6.45) is -3.16. The van der Waals surface area contributed by atoms with Crippen molar-refractivity contribution in [2.24, 2.45) is 5.92 Å². The molecule has 10 nitrogen and oxygen atoms in total. The van der Waals surface area contributed by atoms with Gasteiger partial charge in [-0.25, -0.2) is 13.2 Å². The van der Waals surface area contributed by atoms with Crippen LogP contribution < -0.4 is 16.0 Å². The Kier molecular flexibility index (Phi) is 10.8. The van der Waals surface area contributed by atoms with E-state index >= 15 is 0 Å². The summed E-state index contributed by atoms with van der Waals surface area (Å²) in [5.74, 6) is -2.30. The molecule has 3 rings (SSSR count). The van der Waals surface area contributed by atoms with Crippen molar-refractivity contribution in [1.82, 2.24) is 10.6 Å². The van der Waals surface area contributed by atoms with Crippen LogP contribution >= 0.6 is 0 Å². The van der Waals surface area contributed by atoms with Crippen LogP contribution in [0, 0.1) is 5.92 Å². The fourth-order valence-electron chi connectivity index (χ4n) is 4.72. The molecule has 0 spiro atoms. The molecule has 0 heterocycles. The van der Waals surface area contributed by atoms with Crippen molar-refractivity contribution < 1.29 is 45.8 Å². The van der Waals surface area contributed by atoms with Crippen LogP contribution in [0.5, 0.6) is 0 Å². The summed E-state index contributed by atoms with van der Waals surface area (Å²) in [5, 5.41) is 16.5. The highest BCUT2D eigenvalue weighted by Crippen LogP contribution is 2.32. The van der Waals surface area contributed by atoms with Gasteiger partial charge in [-0.1, -0.05) is 25.0 Å². The van der Waals surface area contributed by atoms with Gasteiger partial charge in [0.25, 0.3) is 5.91 Å². The SMILES string of the molecule is CC(C)(C)OC(=O)Nc1ccc(C(F)(F)F)cc1C(=O)NCC(=O)N[C@H]1CCCC[C@H]1CS(=O)(=O)c1ccc(CO)cc1. The lowest BCUT2D eigenvalue weighted by atomic mass is 9.86. The van der Waals surface area contributed by atoms with Crippen molar-refractivity contribution in [2.75, 3.05) is 17.6 Å². The van der Waals surface area contributed by atoms with Gasteiger partial charge >= 0.3 is 12.3 Å². The zero-order valence-electron chi connectivity index (χ0n) is 24.1. The molecule has 14 heteroatoms. The number of hydrogen-bond acceptors (Lipinski definition) is 7. The number of hydrogen-bond donors (Lipinski definition) is 4. The molecule has 0 bridgehead atoms. The van der Waals surface area contributed by atoms with Crippen molar-refractivity contribution in [2.45, 2.75) is 75.8 Å². The normalized spacial score (nSPS) is 17.6. The van der Waals surface area contributed by atoms with Gasteiger partial charge in [0.1, 0.15) is 5.60 Å². The number of carbonyl (C=O) groups is 3. The predicted octanol–water partition coefficient (Wildman–Crippen LogP) is 4.42. The fourth-order valence-corrected chi connectivity index (χ4v) is 6.43. The number of carbonyl (C=O) groups excluding carboxylic acids is 3. The average Bonchev–Trinajstić information content (AvgIpc) is 2.91. The minimum atomic E-state index is -4.77. The third-order valence-electron chi connectivity index (χ3n) is 6.79. The first-order chi connectivity index (χ1) is 20.0. The standard InChI is InChI=1S/C29H36F3N3O7S/c1-28(2,3)42-27(39)35-24-13-10-20(29(30,31)32)14-22(24)26(38)33-15-25(37)34-23-7-5-4-6-19(23)17-43(40,41)21-11-8-18(16-36)9-12-21/h8-14,19,23,36H,4-7,15-17H2,1-3H3,(H,33,38)(H,34,37)(H,35,39)/t19-,23-/m0/s1. The maximum Gasteiger partial charge on any atom is 0.416 e. The van der Waals surface area contributed by atoms with Gasteiger partial charge in [0.05, 0.1) is 40.6 Å². The van der Waals surface area contributed by atoms with E-state index in [1.54, 1.807) is 20.8 Å². The van der Waals surface area contributed by atoms with Gasteiger partial charge in [-0.3, -0.25) is 14.9 Å². The quantitative estimate of drug-likeness (QED) is 0.321. The van der Waals surface area contributed by atoms with Crippen molar-refractivity contribution in [3.63, 3.8) is 0 Å². The molecule has 0 radical (unpaired) electrons. The Bertz CT molecular complexity index is 1420. The lowest BCUT2D eigenvalue weighted by Crippen LogP contribution is -2.47. The topological polar surface area (TPSA) is 151 Å². The highest BCUT2D eigenvalue weighted by Gasteiger charge is 2.33. The summed E-state index contributed by atoms with van der Waals surface area (Å²) in [4.78, 5) is 38.0. The summed E-state index contributed by atoms with van der Waals surface area (Å²) in [7, 11) is -3.70. The molecule has 1 aliphatic rings. The maximum atomic E-state index is 13.4. The number of alkyl halides is 3. The number of aliphatic hydroxyl groups excluding tert-OH is 1. The number of sulfone groups is 1. The van der Waals surface area contributed by atoms with Crippen LogP contribution in [0.2, 0.25) is 0 Å². The van der Waals surface area contributed by atoms with Crippen molar-refractivity contribution >= 4 is 33.4 Å². The highest BCUT2D eigenvalue weighted by molar-refractivity contribution is 7.91. The maximum absolute atomic E-state index is 13.4. The van der Waals surface area contributed by atoms with Gasteiger partial charge < -0.3 is 20.5 Å². The largest absolute Gasteiger partial charge is 0.444 e. The van der Waals surface area contributed by atoms with E-state index < -0.39 is 69.2 Å². The molecule has 0 saturated heterocycles. The summed E-state index contributed by atoms with van der Waals surface area (Å²) in [5.41, 5.74) is -2.24. The summed E-state index contributed by atoms with van der Waals surface area (Å²) < 4.78 is 71.3. The van der Waals surface area contributed by atoms with E-state index in [2.05, 4.69) is 16.0 Å². The molecule has 236 valence electrons. The zero-order chi connectivity index (χ0) is 32.0. The Balaban J connectivity index is 1.68. The number of rotatable bonds is 9. The van der Waals surface area contributed by atoms with Gasteiger partial charge in [-0.05, 0) is 75.4 Å². The van der Waals surface area contributed by atoms with Crippen LogP contribution in [-0.2, 0) is 32.2 Å². The van der Waals surface area contributed by atoms with Gasteiger partial charge in [-0.2, -0.15) is 13.2 Å². The molecule has 1 saturated carbocycles. The van der Waals surface area contributed by atoms with E-state index in [0.29, 0.717) is 30.5 Å². The second-order valence-corrected chi connectivity index (χ2v) is 13.4. The molecule has 1 aliphatic carbocycles. The van der Waals surface area contributed by atoms with Crippen LogP contribution in [0.25, 0.3) is 0 Å². The van der Waals surface area contributed by atoms with E-state index in [0.717, 1.165) is 18.9 Å². The average molecular weight is 628 g/mol. The number of anilines is 1. The first kappa shape index (κ1) is 33.8. The van der Waals surface area contributed by atoms with Crippen LogP contribution in [-0.4, -0.2) is 55.4 Å². The molecule has 1 fully saturated rings.